The van der Waals surface area contributed by atoms with Gasteiger partial charge in [-0.2, -0.15) is 0 Å². The van der Waals surface area contributed by atoms with Crippen LogP contribution < -0.4 is 0 Å². The number of aliphatic hydroxyl groups excluding tert-OH is 1. The Balaban J connectivity index is 1.99. The molecule has 2 aliphatic rings. The lowest BCUT2D eigenvalue weighted by Crippen LogP contribution is -2.36. The Morgan fingerprint density at radius 1 is 1.41 bits per heavy atom. The van der Waals surface area contributed by atoms with E-state index in [2.05, 4.69) is 0 Å². The van der Waals surface area contributed by atoms with Gasteiger partial charge in [0, 0.05) is 19.0 Å². The molecule has 1 atom stereocenters. The molecule has 0 radical (unpaired) electrons. The minimum absolute atomic E-state index is 0.0644. The smallest absolute Gasteiger partial charge is 0.410 e. The number of hydrogen-bond acceptors (Lipinski definition) is 4. The van der Waals surface area contributed by atoms with Crippen molar-refractivity contribution in [2.45, 2.75) is 45.5 Å². The number of carbonyl (C=O) groups excluding carboxylic acids is 1. The number of rotatable bonds is 1. The second-order valence-electron chi connectivity index (χ2n) is 6.24. The standard InChI is InChI=1S/C12H21NO4/c1-11(2,3)17-10(16)13-6-8(9(14)15)12(7-13)4-5-12/h8-9,14-15H,4-7H2,1-3H3. The molecule has 0 aromatic rings. The Bertz CT molecular complexity index is 317. The van der Waals surface area contributed by atoms with E-state index < -0.39 is 11.9 Å². The van der Waals surface area contributed by atoms with E-state index in [4.69, 9.17) is 4.74 Å². The normalized spacial score (nSPS) is 26.7. The first-order valence-corrected chi connectivity index (χ1v) is 6.08. The van der Waals surface area contributed by atoms with Gasteiger partial charge in [-0.05, 0) is 39.0 Å². The number of amides is 1. The average Bonchev–Trinajstić information content (AvgIpc) is 2.74. The number of ether oxygens (including phenoxy) is 1. The molecular weight excluding hydrogens is 222 g/mol. The molecule has 5 heteroatoms. The van der Waals surface area contributed by atoms with Gasteiger partial charge in [-0.15, -0.1) is 0 Å². The van der Waals surface area contributed by atoms with E-state index >= 15 is 0 Å². The van der Waals surface area contributed by atoms with E-state index in [9.17, 15) is 15.0 Å². The molecular formula is C12H21NO4. The summed E-state index contributed by atoms with van der Waals surface area (Å²) in [6.45, 7) is 6.45. The van der Waals surface area contributed by atoms with Gasteiger partial charge >= 0.3 is 6.09 Å². The Kier molecular flexibility index (Phi) is 2.86. The summed E-state index contributed by atoms with van der Waals surface area (Å²) in [4.78, 5) is 13.5. The summed E-state index contributed by atoms with van der Waals surface area (Å²) in [5.41, 5.74) is -0.575. The number of carbonyl (C=O) groups is 1. The van der Waals surface area contributed by atoms with Gasteiger partial charge < -0.3 is 19.8 Å². The number of likely N-dealkylation sites (tertiary alicyclic amines) is 1. The first-order valence-electron chi connectivity index (χ1n) is 6.08. The van der Waals surface area contributed by atoms with Crippen molar-refractivity contribution >= 4 is 6.09 Å². The van der Waals surface area contributed by atoms with Crippen LogP contribution in [-0.2, 0) is 4.74 Å². The Morgan fingerprint density at radius 3 is 2.35 bits per heavy atom. The molecule has 1 aliphatic carbocycles. The van der Waals surface area contributed by atoms with Crippen molar-refractivity contribution < 1.29 is 19.7 Å². The van der Waals surface area contributed by atoms with E-state index in [-0.39, 0.29) is 17.4 Å². The van der Waals surface area contributed by atoms with Crippen molar-refractivity contribution in [2.75, 3.05) is 13.1 Å². The Hall–Kier alpha value is -0.810. The molecule has 1 unspecified atom stereocenters. The van der Waals surface area contributed by atoms with E-state index in [1.807, 2.05) is 20.8 Å². The molecule has 1 spiro atoms. The van der Waals surface area contributed by atoms with Gasteiger partial charge in [0.15, 0.2) is 6.29 Å². The second-order valence-corrected chi connectivity index (χ2v) is 6.24. The molecule has 1 saturated carbocycles. The zero-order valence-electron chi connectivity index (χ0n) is 10.6. The molecule has 0 aromatic heterocycles. The fourth-order valence-corrected chi connectivity index (χ4v) is 2.56. The third-order valence-electron chi connectivity index (χ3n) is 3.61. The van der Waals surface area contributed by atoms with Crippen molar-refractivity contribution in [1.29, 1.82) is 0 Å². The fraction of sp³-hybridized carbons (Fsp3) is 0.917. The molecule has 2 rings (SSSR count). The van der Waals surface area contributed by atoms with E-state index in [1.165, 1.54) is 0 Å². The van der Waals surface area contributed by atoms with Crippen molar-refractivity contribution in [3.8, 4) is 0 Å². The van der Waals surface area contributed by atoms with Crippen LogP contribution in [-0.4, -0.2) is 46.2 Å². The minimum atomic E-state index is -1.34. The predicted molar refractivity (Wildman–Crippen MR) is 61.2 cm³/mol. The van der Waals surface area contributed by atoms with Gasteiger partial charge in [-0.3, -0.25) is 0 Å². The Labute approximate surface area is 101 Å². The van der Waals surface area contributed by atoms with Crippen LogP contribution >= 0.6 is 0 Å². The summed E-state index contributed by atoms with van der Waals surface area (Å²) in [5, 5.41) is 18.7. The zero-order chi connectivity index (χ0) is 12.8. The van der Waals surface area contributed by atoms with Crippen LogP contribution in [0.1, 0.15) is 33.6 Å². The van der Waals surface area contributed by atoms with E-state index in [1.54, 1.807) is 4.90 Å². The van der Waals surface area contributed by atoms with Crippen LogP contribution in [0.3, 0.4) is 0 Å². The lowest BCUT2D eigenvalue weighted by atomic mass is 9.92. The van der Waals surface area contributed by atoms with Gasteiger partial charge in [-0.25, -0.2) is 4.79 Å². The first-order chi connectivity index (χ1) is 7.73. The zero-order valence-corrected chi connectivity index (χ0v) is 10.6. The quantitative estimate of drug-likeness (QED) is 0.673. The van der Waals surface area contributed by atoms with Crippen molar-refractivity contribution in [1.82, 2.24) is 4.90 Å². The molecule has 2 fully saturated rings. The summed E-state index contributed by atoms with van der Waals surface area (Å²) in [5.74, 6) is -0.227. The lowest BCUT2D eigenvalue weighted by molar-refractivity contribution is -0.0941. The highest BCUT2D eigenvalue weighted by molar-refractivity contribution is 5.68. The highest BCUT2D eigenvalue weighted by Gasteiger charge is 2.58. The highest BCUT2D eigenvalue weighted by Crippen LogP contribution is 2.57. The largest absolute Gasteiger partial charge is 0.444 e. The number of nitrogens with zero attached hydrogens (tertiary/aromatic N) is 1. The van der Waals surface area contributed by atoms with Crippen molar-refractivity contribution in [3.63, 3.8) is 0 Å². The SMILES string of the molecule is CC(C)(C)OC(=O)N1CC(C(O)O)C2(CC2)C1. The highest BCUT2D eigenvalue weighted by atomic mass is 16.6. The maximum Gasteiger partial charge on any atom is 0.410 e. The van der Waals surface area contributed by atoms with E-state index in [0.29, 0.717) is 13.1 Å². The summed E-state index contributed by atoms with van der Waals surface area (Å²) in [6, 6.07) is 0. The van der Waals surface area contributed by atoms with Crippen LogP contribution in [0.4, 0.5) is 4.79 Å². The topological polar surface area (TPSA) is 70.0 Å². The van der Waals surface area contributed by atoms with Gasteiger partial charge in [-0.1, -0.05) is 0 Å². The van der Waals surface area contributed by atoms with Crippen LogP contribution in [0.15, 0.2) is 0 Å². The molecule has 0 aromatic carbocycles. The molecule has 1 heterocycles. The molecule has 1 saturated heterocycles. The number of aliphatic hydroxyl groups is 2. The monoisotopic (exact) mass is 243 g/mol. The fourth-order valence-electron chi connectivity index (χ4n) is 2.56. The minimum Gasteiger partial charge on any atom is -0.444 e. The third-order valence-corrected chi connectivity index (χ3v) is 3.61. The molecule has 2 N–H and O–H groups in total. The predicted octanol–water partition coefficient (Wildman–Crippen LogP) is 0.944. The Morgan fingerprint density at radius 2 is 2.00 bits per heavy atom. The molecule has 98 valence electrons. The van der Waals surface area contributed by atoms with Gasteiger partial charge in [0.25, 0.3) is 0 Å². The summed E-state index contributed by atoms with van der Waals surface area (Å²) < 4.78 is 5.29. The van der Waals surface area contributed by atoms with Gasteiger partial charge in [0.05, 0.1) is 0 Å². The van der Waals surface area contributed by atoms with Crippen LogP contribution in [0.5, 0.6) is 0 Å². The summed E-state index contributed by atoms with van der Waals surface area (Å²) >= 11 is 0. The van der Waals surface area contributed by atoms with Crippen LogP contribution in [0, 0.1) is 11.3 Å². The van der Waals surface area contributed by atoms with Gasteiger partial charge in [0.1, 0.15) is 5.60 Å². The third kappa shape index (κ3) is 2.55. The van der Waals surface area contributed by atoms with Crippen molar-refractivity contribution in [2.24, 2.45) is 11.3 Å². The molecule has 5 nitrogen and oxygen atoms in total. The first kappa shape index (κ1) is 12.6. The number of hydrogen-bond donors (Lipinski definition) is 2. The van der Waals surface area contributed by atoms with E-state index in [0.717, 1.165) is 12.8 Å². The summed E-state index contributed by atoms with van der Waals surface area (Å²) in [7, 11) is 0. The van der Waals surface area contributed by atoms with Crippen molar-refractivity contribution in [3.05, 3.63) is 0 Å². The molecule has 0 bridgehead atoms. The molecule has 17 heavy (non-hydrogen) atoms. The second kappa shape index (κ2) is 3.85. The maximum absolute atomic E-state index is 11.9. The lowest BCUT2D eigenvalue weighted by Gasteiger charge is -2.24. The molecule has 1 amide bonds. The summed E-state index contributed by atoms with van der Waals surface area (Å²) in [6.07, 6.45) is 0.236. The molecule has 1 aliphatic heterocycles. The average molecular weight is 243 g/mol. The van der Waals surface area contributed by atoms with Gasteiger partial charge in [0.2, 0.25) is 0 Å². The maximum atomic E-state index is 11.9. The van der Waals surface area contributed by atoms with Crippen LogP contribution in [0.25, 0.3) is 0 Å². The van der Waals surface area contributed by atoms with Crippen LogP contribution in [0.2, 0.25) is 0 Å².